The van der Waals surface area contributed by atoms with Crippen LogP contribution >= 0.6 is 11.8 Å². The van der Waals surface area contributed by atoms with Crippen molar-refractivity contribution in [2.75, 3.05) is 34.8 Å². The Kier molecular flexibility index (Phi) is 6.99. The zero-order valence-electron chi connectivity index (χ0n) is 19.2. The van der Waals surface area contributed by atoms with E-state index in [-0.39, 0.29) is 24.8 Å². The second-order valence-electron chi connectivity index (χ2n) is 7.85. The maximum absolute atomic E-state index is 13.3. The number of benzene rings is 2. The van der Waals surface area contributed by atoms with Crippen molar-refractivity contribution in [3.63, 3.8) is 0 Å². The molecule has 1 aliphatic rings. The predicted molar refractivity (Wildman–Crippen MR) is 134 cm³/mol. The maximum atomic E-state index is 13.3. The van der Waals surface area contributed by atoms with Crippen LogP contribution < -0.4 is 15.1 Å². The van der Waals surface area contributed by atoms with Gasteiger partial charge in [-0.05, 0) is 68.8 Å². The van der Waals surface area contributed by atoms with Gasteiger partial charge in [-0.15, -0.1) is 0 Å². The zero-order valence-corrected chi connectivity index (χ0v) is 20.0. The summed E-state index contributed by atoms with van der Waals surface area (Å²) in [5.74, 6) is -0.241. The van der Waals surface area contributed by atoms with Gasteiger partial charge in [0.05, 0.1) is 11.3 Å². The van der Waals surface area contributed by atoms with Crippen LogP contribution in [-0.2, 0) is 4.79 Å². The van der Waals surface area contributed by atoms with E-state index in [0.29, 0.717) is 5.56 Å². The number of hydrogen-bond donors (Lipinski definition) is 1. The first kappa shape index (κ1) is 22.9. The van der Waals surface area contributed by atoms with Crippen LogP contribution in [0.15, 0.2) is 70.7 Å². The van der Waals surface area contributed by atoms with Crippen LogP contribution in [0.4, 0.5) is 17.1 Å². The summed E-state index contributed by atoms with van der Waals surface area (Å²) in [5, 5.41) is 3.77. The van der Waals surface area contributed by atoms with Gasteiger partial charge in [-0.25, -0.2) is 4.98 Å². The summed E-state index contributed by atoms with van der Waals surface area (Å²) in [6.07, 6.45) is 1.91. The molecule has 7 heteroatoms. The topological polar surface area (TPSA) is 65.5 Å². The Morgan fingerprint density at radius 2 is 1.88 bits per heavy atom. The molecule has 0 spiro atoms. The van der Waals surface area contributed by atoms with Crippen LogP contribution in [0.3, 0.4) is 0 Å². The van der Waals surface area contributed by atoms with Crippen LogP contribution in [0.2, 0.25) is 0 Å². The van der Waals surface area contributed by atoms with Gasteiger partial charge in [0.15, 0.2) is 0 Å². The highest BCUT2D eigenvalue weighted by Gasteiger charge is 2.28. The minimum absolute atomic E-state index is 0.114. The Hall–Kier alpha value is -3.32. The summed E-state index contributed by atoms with van der Waals surface area (Å²) in [6, 6.07) is 17.3. The number of amides is 2. The fourth-order valence-electron chi connectivity index (χ4n) is 3.98. The standard InChI is InChI=1S/C26H28N4O2S/c1-4-29(5-2)19-12-13-21(18(3)17-19)28-24(31)14-16-30-22-10-8-15-27-25(22)33-23-11-7-6-9-20(23)26(30)32/h6-13,15,17H,4-5,14,16H2,1-3H3,(H,28,31). The van der Waals surface area contributed by atoms with E-state index in [4.69, 9.17) is 0 Å². The van der Waals surface area contributed by atoms with Crippen molar-refractivity contribution in [3.8, 4) is 0 Å². The van der Waals surface area contributed by atoms with E-state index in [0.717, 1.165) is 45.6 Å². The molecule has 0 saturated carbocycles. The van der Waals surface area contributed by atoms with E-state index in [9.17, 15) is 9.59 Å². The molecule has 1 N–H and O–H groups in total. The molecule has 0 aliphatic carbocycles. The van der Waals surface area contributed by atoms with Gasteiger partial charge in [0.1, 0.15) is 5.03 Å². The number of rotatable bonds is 7. The van der Waals surface area contributed by atoms with Crippen LogP contribution in [0.5, 0.6) is 0 Å². The minimum atomic E-state index is -0.128. The number of fused-ring (bicyclic) bond motifs is 2. The Bertz CT molecular complexity index is 1180. The van der Waals surface area contributed by atoms with Crippen LogP contribution in [0, 0.1) is 6.92 Å². The molecule has 33 heavy (non-hydrogen) atoms. The summed E-state index contributed by atoms with van der Waals surface area (Å²) in [5.41, 5.74) is 4.31. The average Bonchev–Trinajstić information content (AvgIpc) is 2.94. The first-order chi connectivity index (χ1) is 16.0. The Balaban J connectivity index is 1.49. The fourth-order valence-corrected chi connectivity index (χ4v) is 5.00. The first-order valence-corrected chi connectivity index (χ1v) is 12.0. The highest BCUT2D eigenvalue weighted by molar-refractivity contribution is 7.99. The van der Waals surface area contributed by atoms with Gasteiger partial charge in [-0.3, -0.25) is 9.59 Å². The SMILES string of the molecule is CCN(CC)c1ccc(NC(=O)CCN2C(=O)c3ccccc3Sc3ncccc32)c(C)c1. The molecule has 2 amide bonds. The van der Waals surface area contributed by atoms with Crippen molar-refractivity contribution in [2.24, 2.45) is 0 Å². The smallest absolute Gasteiger partial charge is 0.259 e. The number of nitrogens with zero attached hydrogens (tertiary/aromatic N) is 3. The number of pyridine rings is 1. The number of carbonyl (C=O) groups is 2. The quantitative estimate of drug-likeness (QED) is 0.513. The molecule has 0 atom stereocenters. The highest BCUT2D eigenvalue weighted by Crippen LogP contribution is 2.39. The van der Waals surface area contributed by atoms with Crippen molar-refractivity contribution in [1.82, 2.24) is 4.98 Å². The number of nitrogens with one attached hydrogen (secondary N) is 1. The first-order valence-electron chi connectivity index (χ1n) is 11.2. The van der Waals surface area contributed by atoms with E-state index >= 15 is 0 Å². The molecule has 2 heterocycles. The molecule has 3 aromatic rings. The van der Waals surface area contributed by atoms with E-state index in [1.165, 1.54) is 11.8 Å². The third kappa shape index (κ3) is 4.88. The second-order valence-corrected chi connectivity index (χ2v) is 8.88. The molecule has 6 nitrogen and oxygen atoms in total. The zero-order chi connectivity index (χ0) is 23.4. The average molecular weight is 461 g/mol. The van der Waals surface area contributed by atoms with Gasteiger partial charge in [0.2, 0.25) is 5.91 Å². The molecule has 170 valence electrons. The van der Waals surface area contributed by atoms with Gasteiger partial charge in [-0.1, -0.05) is 23.9 Å². The molecule has 0 unspecified atom stereocenters. The van der Waals surface area contributed by atoms with Gasteiger partial charge >= 0.3 is 0 Å². The monoisotopic (exact) mass is 460 g/mol. The Morgan fingerprint density at radius 3 is 2.64 bits per heavy atom. The third-order valence-electron chi connectivity index (χ3n) is 5.79. The number of aromatic nitrogens is 1. The van der Waals surface area contributed by atoms with Gasteiger partial charge in [-0.2, -0.15) is 0 Å². The molecular weight excluding hydrogens is 432 g/mol. The van der Waals surface area contributed by atoms with E-state index < -0.39 is 0 Å². The summed E-state index contributed by atoms with van der Waals surface area (Å²) < 4.78 is 0. The maximum Gasteiger partial charge on any atom is 0.259 e. The molecule has 0 saturated heterocycles. The lowest BCUT2D eigenvalue weighted by Gasteiger charge is -2.23. The summed E-state index contributed by atoms with van der Waals surface area (Å²) in [7, 11) is 0. The number of carbonyl (C=O) groups excluding carboxylic acids is 2. The number of hydrogen-bond acceptors (Lipinski definition) is 5. The lowest BCUT2D eigenvalue weighted by Crippen LogP contribution is -2.34. The normalized spacial score (nSPS) is 12.6. The lowest BCUT2D eigenvalue weighted by molar-refractivity contribution is -0.116. The molecule has 0 fully saturated rings. The molecule has 1 aliphatic heterocycles. The fraction of sp³-hybridized carbons (Fsp3) is 0.269. The van der Waals surface area contributed by atoms with Crippen molar-refractivity contribution in [3.05, 3.63) is 71.9 Å². The summed E-state index contributed by atoms with van der Waals surface area (Å²) in [6.45, 7) is 8.39. The molecule has 0 radical (unpaired) electrons. The second kappa shape index (κ2) is 10.1. The largest absolute Gasteiger partial charge is 0.372 e. The third-order valence-corrected chi connectivity index (χ3v) is 6.87. The summed E-state index contributed by atoms with van der Waals surface area (Å²) >= 11 is 1.48. The van der Waals surface area contributed by atoms with Crippen molar-refractivity contribution in [2.45, 2.75) is 37.1 Å². The highest BCUT2D eigenvalue weighted by atomic mass is 32.2. The Morgan fingerprint density at radius 1 is 1.09 bits per heavy atom. The molecule has 4 rings (SSSR count). The number of anilines is 3. The summed E-state index contributed by atoms with van der Waals surface area (Å²) in [4.78, 5) is 35.4. The van der Waals surface area contributed by atoms with Crippen molar-refractivity contribution >= 4 is 40.6 Å². The van der Waals surface area contributed by atoms with Crippen LogP contribution in [0.1, 0.15) is 36.2 Å². The number of aryl methyl sites for hydroxylation is 1. The lowest BCUT2D eigenvalue weighted by atomic mass is 10.1. The predicted octanol–water partition coefficient (Wildman–Crippen LogP) is 5.38. The molecule has 1 aromatic heterocycles. The van der Waals surface area contributed by atoms with Gasteiger partial charge in [0, 0.05) is 48.5 Å². The molecule has 2 aromatic carbocycles. The molecular formula is C26H28N4O2S. The minimum Gasteiger partial charge on any atom is -0.372 e. The van der Waals surface area contributed by atoms with Crippen LogP contribution in [-0.4, -0.2) is 36.4 Å². The Labute approximate surface area is 199 Å². The van der Waals surface area contributed by atoms with Gasteiger partial charge < -0.3 is 15.1 Å². The van der Waals surface area contributed by atoms with Crippen LogP contribution in [0.25, 0.3) is 0 Å². The van der Waals surface area contributed by atoms with E-state index in [1.807, 2.05) is 55.5 Å². The van der Waals surface area contributed by atoms with Crippen molar-refractivity contribution < 1.29 is 9.59 Å². The molecule has 0 bridgehead atoms. The van der Waals surface area contributed by atoms with Gasteiger partial charge in [0.25, 0.3) is 5.91 Å². The van der Waals surface area contributed by atoms with E-state index in [2.05, 4.69) is 35.1 Å². The van der Waals surface area contributed by atoms with E-state index in [1.54, 1.807) is 11.1 Å². The van der Waals surface area contributed by atoms with Crippen molar-refractivity contribution in [1.29, 1.82) is 0 Å².